The van der Waals surface area contributed by atoms with E-state index in [0.29, 0.717) is 0 Å². The number of nitrogens with zero attached hydrogens (tertiary/aromatic N) is 2. The molecule has 7 heteroatoms. The molecule has 16 heavy (non-hydrogen) atoms. The van der Waals surface area contributed by atoms with Crippen LogP contribution in [0, 0.1) is 10.1 Å². The molecule has 0 radical (unpaired) electrons. The zero-order valence-corrected chi connectivity index (χ0v) is 8.86. The van der Waals surface area contributed by atoms with Crippen LogP contribution >= 0.6 is 12.2 Å². The molecule has 1 heterocycles. The van der Waals surface area contributed by atoms with Crippen LogP contribution in [0.25, 0.3) is 0 Å². The first kappa shape index (κ1) is 10.5. The molecule has 2 rings (SSSR count). The van der Waals surface area contributed by atoms with Crippen LogP contribution in [0.1, 0.15) is 0 Å². The number of carbonyl (C=O) groups excluding carboxylic acids is 1. The molecule has 6 nitrogen and oxygen atoms in total. The first-order valence-electron chi connectivity index (χ1n) is 4.45. The minimum Gasteiger partial charge on any atom is -0.353 e. The molecule has 0 spiro atoms. The van der Waals surface area contributed by atoms with E-state index in [1.165, 1.54) is 12.1 Å². The molecule has 1 aliphatic rings. The number of nitrogens with one attached hydrogen (secondary N) is 1. The lowest BCUT2D eigenvalue weighted by molar-refractivity contribution is -0.384. The van der Waals surface area contributed by atoms with Gasteiger partial charge in [-0.15, -0.1) is 0 Å². The summed E-state index contributed by atoms with van der Waals surface area (Å²) in [6.07, 6.45) is 0. The SMILES string of the molecule is O=C1CNC(=S)N1c1ccccc1[N+](=O)[O-]. The fourth-order valence-corrected chi connectivity index (χ4v) is 1.75. The minimum absolute atomic E-state index is 0.0743. The summed E-state index contributed by atoms with van der Waals surface area (Å²) in [6.45, 7) is 0.0743. The second-order valence-electron chi connectivity index (χ2n) is 3.13. The van der Waals surface area contributed by atoms with Gasteiger partial charge in [0.2, 0.25) is 0 Å². The van der Waals surface area contributed by atoms with Crippen molar-refractivity contribution in [3.8, 4) is 0 Å². The Morgan fingerprint density at radius 2 is 2.12 bits per heavy atom. The van der Waals surface area contributed by atoms with Crippen molar-refractivity contribution in [1.29, 1.82) is 0 Å². The van der Waals surface area contributed by atoms with Gasteiger partial charge in [-0.3, -0.25) is 14.9 Å². The Morgan fingerprint density at radius 3 is 2.69 bits per heavy atom. The van der Waals surface area contributed by atoms with Crippen LogP contribution in [0.5, 0.6) is 0 Å². The number of benzene rings is 1. The summed E-state index contributed by atoms with van der Waals surface area (Å²) in [4.78, 5) is 22.9. The molecule has 1 N–H and O–H groups in total. The Hall–Kier alpha value is -2.02. The topological polar surface area (TPSA) is 75.5 Å². The number of para-hydroxylation sites is 2. The van der Waals surface area contributed by atoms with Crippen molar-refractivity contribution in [3.05, 3.63) is 34.4 Å². The Labute approximate surface area is 96.0 Å². The van der Waals surface area contributed by atoms with Gasteiger partial charge in [0.15, 0.2) is 5.11 Å². The van der Waals surface area contributed by atoms with Crippen LogP contribution in [0.15, 0.2) is 24.3 Å². The van der Waals surface area contributed by atoms with Crippen molar-refractivity contribution >= 4 is 34.6 Å². The van der Waals surface area contributed by atoms with Gasteiger partial charge in [0, 0.05) is 6.07 Å². The highest BCUT2D eigenvalue weighted by atomic mass is 32.1. The van der Waals surface area contributed by atoms with Crippen LogP contribution < -0.4 is 10.2 Å². The molecular formula is C9H7N3O3S. The van der Waals surface area contributed by atoms with Gasteiger partial charge in [-0.1, -0.05) is 12.1 Å². The summed E-state index contributed by atoms with van der Waals surface area (Å²) in [5.41, 5.74) is 0.0643. The highest BCUT2D eigenvalue weighted by molar-refractivity contribution is 7.80. The number of nitro groups is 1. The third-order valence-electron chi connectivity index (χ3n) is 2.16. The maximum atomic E-state index is 11.5. The third kappa shape index (κ3) is 1.61. The van der Waals surface area contributed by atoms with Crippen LogP contribution in [-0.4, -0.2) is 22.5 Å². The zero-order chi connectivity index (χ0) is 11.7. The van der Waals surface area contributed by atoms with Crippen molar-refractivity contribution in [2.24, 2.45) is 0 Å². The molecule has 1 aliphatic heterocycles. The van der Waals surface area contributed by atoms with Crippen LogP contribution in [0.3, 0.4) is 0 Å². The highest BCUT2D eigenvalue weighted by Crippen LogP contribution is 2.28. The van der Waals surface area contributed by atoms with E-state index in [4.69, 9.17) is 12.2 Å². The molecular weight excluding hydrogens is 230 g/mol. The van der Waals surface area contributed by atoms with Crippen LogP contribution in [-0.2, 0) is 4.79 Å². The molecule has 0 atom stereocenters. The van der Waals surface area contributed by atoms with Crippen LogP contribution in [0.2, 0.25) is 0 Å². The molecule has 1 fully saturated rings. The Balaban J connectivity index is 2.51. The fourth-order valence-electron chi connectivity index (χ4n) is 1.47. The van der Waals surface area contributed by atoms with E-state index < -0.39 is 4.92 Å². The lowest BCUT2D eigenvalue weighted by Gasteiger charge is -2.14. The zero-order valence-electron chi connectivity index (χ0n) is 8.04. The van der Waals surface area contributed by atoms with Gasteiger partial charge in [-0.2, -0.15) is 0 Å². The fraction of sp³-hybridized carbons (Fsp3) is 0.111. The van der Waals surface area contributed by atoms with E-state index >= 15 is 0 Å². The standard InChI is InChI=1S/C9H7N3O3S/c13-8-5-10-9(16)11(8)6-3-1-2-4-7(6)12(14)15/h1-4H,5H2,(H,10,16). The van der Waals surface area contributed by atoms with Crippen LogP contribution in [0.4, 0.5) is 11.4 Å². The van der Waals surface area contributed by atoms with Gasteiger partial charge in [0.1, 0.15) is 5.69 Å². The smallest absolute Gasteiger partial charge is 0.293 e. The predicted octanol–water partition coefficient (Wildman–Crippen LogP) is 0.816. The van der Waals surface area contributed by atoms with Crippen molar-refractivity contribution in [1.82, 2.24) is 5.32 Å². The largest absolute Gasteiger partial charge is 0.353 e. The van der Waals surface area contributed by atoms with E-state index in [-0.39, 0.29) is 28.9 Å². The molecule has 0 aliphatic carbocycles. The first-order chi connectivity index (χ1) is 7.61. The van der Waals surface area contributed by atoms with Gasteiger partial charge < -0.3 is 5.32 Å². The second kappa shape index (κ2) is 3.86. The van der Waals surface area contributed by atoms with Gasteiger partial charge in [-0.25, -0.2) is 4.90 Å². The molecule has 1 aromatic rings. The number of hydrogen-bond acceptors (Lipinski definition) is 4. The Bertz CT molecular complexity index is 473. The highest BCUT2D eigenvalue weighted by Gasteiger charge is 2.31. The summed E-state index contributed by atoms with van der Waals surface area (Å²) in [5.74, 6) is -0.292. The average Bonchev–Trinajstić information content (AvgIpc) is 2.58. The monoisotopic (exact) mass is 237 g/mol. The number of thiocarbonyl (C=S) groups is 1. The molecule has 1 aromatic carbocycles. The number of hydrogen-bond donors (Lipinski definition) is 1. The summed E-state index contributed by atoms with van der Waals surface area (Å²) in [7, 11) is 0. The quantitative estimate of drug-likeness (QED) is 0.468. The number of carbonyl (C=O) groups is 1. The number of anilines is 1. The van der Waals surface area contributed by atoms with Crippen molar-refractivity contribution in [3.63, 3.8) is 0 Å². The summed E-state index contributed by atoms with van der Waals surface area (Å²) >= 11 is 4.92. The van der Waals surface area contributed by atoms with Gasteiger partial charge in [-0.05, 0) is 18.3 Å². The summed E-state index contributed by atoms with van der Waals surface area (Å²) in [6, 6.07) is 5.99. The van der Waals surface area contributed by atoms with Crippen molar-refractivity contribution in [2.45, 2.75) is 0 Å². The third-order valence-corrected chi connectivity index (χ3v) is 2.49. The average molecular weight is 237 g/mol. The van der Waals surface area contributed by atoms with Gasteiger partial charge in [0.05, 0.1) is 11.5 Å². The number of nitro benzene ring substituents is 1. The maximum absolute atomic E-state index is 11.5. The maximum Gasteiger partial charge on any atom is 0.293 e. The summed E-state index contributed by atoms with van der Waals surface area (Å²) < 4.78 is 0. The normalized spacial score (nSPS) is 15.1. The lowest BCUT2D eigenvalue weighted by atomic mass is 10.2. The molecule has 1 saturated heterocycles. The first-order valence-corrected chi connectivity index (χ1v) is 4.86. The number of rotatable bonds is 2. The summed E-state index contributed by atoms with van der Waals surface area (Å²) in [5, 5.41) is 13.7. The minimum atomic E-state index is -0.538. The molecule has 0 bridgehead atoms. The molecule has 0 aromatic heterocycles. The predicted molar refractivity (Wildman–Crippen MR) is 61.2 cm³/mol. The molecule has 0 unspecified atom stereocenters. The van der Waals surface area contributed by atoms with E-state index in [9.17, 15) is 14.9 Å². The molecule has 1 amide bonds. The van der Waals surface area contributed by atoms with E-state index in [2.05, 4.69) is 5.32 Å². The van der Waals surface area contributed by atoms with E-state index in [1.54, 1.807) is 12.1 Å². The van der Waals surface area contributed by atoms with Crippen molar-refractivity contribution < 1.29 is 9.72 Å². The van der Waals surface area contributed by atoms with Gasteiger partial charge in [0.25, 0.3) is 11.6 Å². The second-order valence-corrected chi connectivity index (χ2v) is 3.52. The van der Waals surface area contributed by atoms with E-state index in [1.807, 2.05) is 0 Å². The van der Waals surface area contributed by atoms with E-state index in [0.717, 1.165) is 4.90 Å². The Kier molecular flexibility index (Phi) is 2.53. The number of amides is 1. The molecule has 82 valence electrons. The van der Waals surface area contributed by atoms with Crippen molar-refractivity contribution in [2.75, 3.05) is 11.4 Å². The molecule has 0 saturated carbocycles. The Morgan fingerprint density at radius 1 is 1.44 bits per heavy atom. The lowest BCUT2D eigenvalue weighted by Crippen LogP contribution is -2.30. The van der Waals surface area contributed by atoms with Gasteiger partial charge >= 0.3 is 0 Å².